The van der Waals surface area contributed by atoms with Crippen molar-refractivity contribution in [2.45, 2.75) is 44.9 Å². The number of alkyl halides is 3. The number of primary amides is 1. The molecule has 0 saturated carbocycles. The molecule has 1 atom stereocenters. The van der Waals surface area contributed by atoms with Crippen LogP contribution >= 0.6 is 11.6 Å². The van der Waals surface area contributed by atoms with E-state index in [-0.39, 0.29) is 29.6 Å². The minimum absolute atomic E-state index is 0.00884. The monoisotopic (exact) mass is 569 g/mol. The summed E-state index contributed by atoms with van der Waals surface area (Å²) in [6, 6.07) is 0.115. The van der Waals surface area contributed by atoms with Gasteiger partial charge in [-0.25, -0.2) is 4.79 Å². The second-order valence-corrected chi connectivity index (χ2v) is 10.2. The smallest absolute Gasteiger partial charge is 0.366 e. The third-order valence-corrected chi connectivity index (χ3v) is 6.86. The fourth-order valence-electron chi connectivity index (χ4n) is 4.82. The summed E-state index contributed by atoms with van der Waals surface area (Å²) in [6.07, 6.45) is 0.0199. The molecule has 2 heterocycles. The molecule has 0 spiro atoms. The molecule has 1 aliphatic rings. The Morgan fingerprint density at radius 3 is 2.62 bits per heavy atom. The van der Waals surface area contributed by atoms with Crippen molar-refractivity contribution in [1.82, 2.24) is 25.3 Å². The molecule has 1 aromatic heterocycles. The van der Waals surface area contributed by atoms with Gasteiger partial charge in [-0.15, -0.1) is 0 Å². The second kappa shape index (κ2) is 12.6. The maximum Gasteiger partial charge on any atom is 0.401 e. The number of aromatic nitrogens is 2. The van der Waals surface area contributed by atoms with Gasteiger partial charge >= 0.3 is 12.2 Å². The third-order valence-electron chi connectivity index (χ3n) is 6.56. The second-order valence-electron chi connectivity index (χ2n) is 9.75. The van der Waals surface area contributed by atoms with Gasteiger partial charge in [0.05, 0.1) is 29.3 Å². The van der Waals surface area contributed by atoms with Crippen molar-refractivity contribution < 1.29 is 27.6 Å². The van der Waals surface area contributed by atoms with Crippen molar-refractivity contribution in [3.8, 4) is 0 Å². The van der Waals surface area contributed by atoms with Crippen LogP contribution in [-0.4, -0.2) is 82.8 Å². The lowest BCUT2D eigenvalue weighted by molar-refractivity contribution is -0.144. The first-order valence-electron chi connectivity index (χ1n) is 12.2. The van der Waals surface area contributed by atoms with Crippen molar-refractivity contribution in [3.63, 3.8) is 0 Å². The van der Waals surface area contributed by atoms with Crippen LogP contribution in [0.4, 0.5) is 18.0 Å². The molecule has 0 aliphatic carbocycles. The van der Waals surface area contributed by atoms with Crippen molar-refractivity contribution in [2.75, 3.05) is 26.7 Å². The molecular weight excluding hydrogens is 539 g/mol. The Morgan fingerprint density at radius 1 is 1.38 bits per heavy atom. The zero-order valence-electron chi connectivity index (χ0n) is 21.6. The number of halogens is 4. The van der Waals surface area contributed by atoms with E-state index in [9.17, 15) is 27.6 Å². The average molecular weight is 570 g/mol. The molecule has 0 radical (unpaired) electrons. The Morgan fingerprint density at radius 2 is 2.05 bits per heavy atom. The van der Waals surface area contributed by atoms with Crippen LogP contribution in [0.3, 0.4) is 0 Å². The van der Waals surface area contributed by atoms with E-state index in [1.165, 1.54) is 24.2 Å². The summed E-state index contributed by atoms with van der Waals surface area (Å²) in [6.45, 7) is 0.945. The largest absolute Gasteiger partial charge is 0.401 e. The van der Waals surface area contributed by atoms with Gasteiger partial charge in [0.15, 0.2) is 0 Å². The number of piperidine rings is 1. The van der Waals surface area contributed by atoms with Gasteiger partial charge in [-0.3, -0.25) is 14.8 Å². The molecular formula is C25H31ClF3N7O3. The molecule has 2 aromatic rings. The minimum atomic E-state index is -4.39. The Balaban J connectivity index is 1.73. The van der Waals surface area contributed by atoms with Crippen molar-refractivity contribution in [1.29, 1.82) is 5.41 Å². The predicted octanol–water partition coefficient (Wildman–Crippen LogP) is 3.19. The van der Waals surface area contributed by atoms with Crippen LogP contribution in [0.15, 0.2) is 23.9 Å². The van der Waals surface area contributed by atoms with E-state index in [1.807, 2.05) is 0 Å². The highest BCUT2D eigenvalue weighted by Crippen LogP contribution is 2.31. The van der Waals surface area contributed by atoms with Gasteiger partial charge < -0.3 is 26.2 Å². The Labute approximate surface area is 228 Å². The number of rotatable bonds is 10. The number of nitrogens with two attached hydrogens (primary N) is 1. The lowest BCUT2D eigenvalue weighted by Gasteiger charge is -2.33. The van der Waals surface area contributed by atoms with E-state index in [4.69, 9.17) is 22.7 Å². The fraction of sp³-hybridized carbons (Fsp3) is 0.480. The fourth-order valence-corrected chi connectivity index (χ4v) is 5.10. The summed E-state index contributed by atoms with van der Waals surface area (Å²) in [7, 11) is 1.34. The Bertz CT molecular complexity index is 1270. The van der Waals surface area contributed by atoms with Crippen molar-refractivity contribution in [3.05, 3.63) is 40.1 Å². The molecule has 1 saturated heterocycles. The zero-order valence-corrected chi connectivity index (χ0v) is 22.3. The number of nitrogens with one attached hydrogen (secondary N) is 3. The van der Waals surface area contributed by atoms with E-state index < -0.39 is 30.7 Å². The van der Waals surface area contributed by atoms with Gasteiger partial charge in [-0.05, 0) is 62.4 Å². The molecule has 10 nitrogen and oxygen atoms in total. The first-order valence-corrected chi connectivity index (χ1v) is 12.6. The number of fused-ring (bicyclic) bond motifs is 1. The maximum absolute atomic E-state index is 13.0. The lowest BCUT2D eigenvalue weighted by atomic mass is 9.88. The highest BCUT2D eigenvalue weighted by Gasteiger charge is 2.31. The van der Waals surface area contributed by atoms with Gasteiger partial charge in [-0.2, -0.15) is 18.3 Å². The number of carbonyl (C=O) groups is 3. The summed E-state index contributed by atoms with van der Waals surface area (Å²) in [5.41, 5.74) is 7.52. The topological polar surface area (TPSA) is 148 Å². The van der Waals surface area contributed by atoms with Crippen LogP contribution in [0.25, 0.3) is 10.9 Å². The van der Waals surface area contributed by atoms with Crippen LogP contribution in [0.1, 0.15) is 30.9 Å². The number of hydrogen-bond donors (Lipinski definition) is 4. The predicted molar refractivity (Wildman–Crippen MR) is 141 cm³/mol. The summed E-state index contributed by atoms with van der Waals surface area (Å²) < 4.78 is 38.9. The normalized spacial score (nSPS) is 16.0. The van der Waals surface area contributed by atoms with Gasteiger partial charge in [0.25, 0.3) is 0 Å². The molecule has 39 heavy (non-hydrogen) atoms. The summed E-state index contributed by atoms with van der Waals surface area (Å²) in [4.78, 5) is 39.3. The minimum Gasteiger partial charge on any atom is -0.366 e. The molecule has 1 aliphatic heterocycles. The Hall–Kier alpha value is -3.45. The van der Waals surface area contributed by atoms with Gasteiger partial charge in [-0.1, -0.05) is 11.6 Å². The maximum atomic E-state index is 13.0. The van der Waals surface area contributed by atoms with Crippen LogP contribution < -0.4 is 11.1 Å². The summed E-state index contributed by atoms with van der Waals surface area (Å²) >= 11 is 6.37. The molecule has 0 bridgehead atoms. The third kappa shape index (κ3) is 8.02. The number of likely N-dealkylation sites (tertiary alicyclic amines) is 1. The summed E-state index contributed by atoms with van der Waals surface area (Å²) in [5, 5.41) is 17.8. The molecule has 14 heteroatoms. The van der Waals surface area contributed by atoms with E-state index >= 15 is 0 Å². The first-order chi connectivity index (χ1) is 18.3. The van der Waals surface area contributed by atoms with Crippen LogP contribution in [0, 0.1) is 11.3 Å². The van der Waals surface area contributed by atoms with Crippen LogP contribution in [0.2, 0.25) is 5.02 Å². The molecule has 1 unspecified atom stereocenters. The molecule has 1 fully saturated rings. The summed E-state index contributed by atoms with van der Waals surface area (Å²) in [5.74, 6) is -0.788. The van der Waals surface area contributed by atoms with Crippen LogP contribution in [-0.2, 0) is 22.6 Å². The number of allylic oxidation sites excluding steroid dienone is 1. The van der Waals surface area contributed by atoms with Gasteiger partial charge in [0.2, 0.25) is 5.91 Å². The number of aromatic amines is 1. The van der Waals surface area contributed by atoms with Crippen LogP contribution in [0.5, 0.6) is 0 Å². The molecule has 3 rings (SSSR count). The highest BCUT2D eigenvalue weighted by atomic mass is 35.5. The number of carbonyl (C=O) groups excluding carboxylic acids is 3. The number of urea groups is 1. The SMILES string of the molecule is CC(=N)/C=C(\C(N)=O)C1CCN(C(=O)NC(C=O)Cc2cc(Cl)c3[nH]ncc3c2CN(C)CC(F)(F)F)CC1. The van der Waals surface area contributed by atoms with Gasteiger partial charge in [0.1, 0.15) is 6.29 Å². The number of benzene rings is 1. The first kappa shape index (κ1) is 30.1. The number of nitrogens with zero attached hydrogens (tertiary/aromatic N) is 3. The van der Waals surface area contributed by atoms with E-state index in [2.05, 4.69) is 15.5 Å². The number of amides is 3. The number of H-pyrrole nitrogens is 1. The van der Waals surface area contributed by atoms with E-state index in [0.29, 0.717) is 59.8 Å². The standard InChI is InChI=1S/C25H31ClF3N7O3/c1-14(30)7-18(23(31)38)15-3-5-36(6-4-15)24(39)33-17(12-37)8-16-9-21(26)22-19(10-32-34-22)20(16)11-35(2)13-25(27,28)29/h7,9-10,12,15,17,30H,3-6,8,11,13H2,1-2H3,(H2,31,38)(H,32,34)(H,33,39)/b18-7-,30-14?. The number of aldehydes is 1. The van der Waals surface area contributed by atoms with Crippen molar-refractivity contribution >= 4 is 46.4 Å². The molecule has 3 amide bonds. The van der Waals surface area contributed by atoms with E-state index in [0.717, 1.165) is 4.90 Å². The molecule has 212 valence electrons. The number of hydrogen-bond acceptors (Lipinski definition) is 6. The zero-order chi connectivity index (χ0) is 28.9. The Kier molecular flexibility index (Phi) is 9.73. The molecule has 5 N–H and O–H groups in total. The molecule has 1 aromatic carbocycles. The van der Waals surface area contributed by atoms with Crippen molar-refractivity contribution in [2.24, 2.45) is 11.7 Å². The van der Waals surface area contributed by atoms with Gasteiger partial charge in [0, 0.05) is 36.3 Å². The highest BCUT2D eigenvalue weighted by molar-refractivity contribution is 6.35. The quantitative estimate of drug-likeness (QED) is 0.197. The lowest BCUT2D eigenvalue weighted by Crippen LogP contribution is -2.49. The van der Waals surface area contributed by atoms with E-state index in [1.54, 1.807) is 13.0 Å². The average Bonchev–Trinajstić information content (AvgIpc) is 3.34.